The number of hydrogen-bond acceptors (Lipinski definition) is 3. The SMILES string of the molecule is C[C@H]1Cc2c(NC(=O)Cc3ccccc3)nn(C)c2NC1=O. The van der Waals surface area contributed by atoms with Gasteiger partial charge >= 0.3 is 0 Å². The molecule has 1 atom stereocenters. The highest BCUT2D eigenvalue weighted by Crippen LogP contribution is 2.31. The molecule has 114 valence electrons. The lowest BCUT2D eigenvalue weighted by atomic mass is 9.98. The van der Waals surface area contributed by atoms with Crippen LogP contribution >= 0.6 is 0 Å². The quantitative estimate of drug-likeness (QED) is 0.906. The zero-order chi connectivity index (χ0) is 15.7. The second-order valence-electron chi connectivity index (χ2n) is 5.60. The van der Waals surface area contributed by atoms with Gasteiger partial charge in [0, 0.05) is 18.5 Å². The van der Waals surface area contributed by atoms with Crippen molar-refractivity contribution in [3.05, 3.63) is 41.5 Å². The zero-order valence-electron chi connectivity index (χ0n) is 12.6. The summed E-state index contributed by atoms with van der Waals surface area (Å²) in [5.41, 5.74) is 1.84. The molecular formula is C16H18N4O2. The molecule has 2 heterocycles. The molecule has 0 bridgehead atoms. The minimum Gasteiger partial charge on any atom is -0.310 e. The molecule has 0 fully saturated rings. The summed E-state index contributed by atoms with van der Waals surface area (Å²) in [6.45, 7) is 1.86. The third kappa shape index (κ3) is 2.72. The van der Waals surface area contributed by atoms with Crippen molar-refractivity contribution in [3.63, 3.8) is 0 Å². The Morgan fingerprint density at radius 3 is 2.86 bits per heavy atom. The van der Waals surface area contributed by atoms with Crippen LogP contribution in [0, 0.1) is 5.92 Å². The maximum absolute atomic E-state index is 12.2. The Kier molecular flexibility index (Phi) is 3.66. The van der Waals surface area contributed by atoms with Gasteiger partial charge in [0.05, 0.1) is 6.42 Å². The van der Waals surface area contributed by atoms with Crippen molar-refractivity contribution in [2.75, 3.05) is 10.6 Å². The minimum absolute atomic E-state index is 0.0161. The van der Waals surface area contributed by atoms with Gasteiger partial charge in [-0.15, -0.1) is 0 Å². The molecule has 6 nitrogen and oxygen atoms in total. The summed E-state index contributed by atoms with van der Waals surface area (Å²) in [7, 11) is 1.75. The van der Waals surface area contributed by atoms with Crippen LogP contribution < -0.4 is 10.6 Å². The number of aryl methyl sites for hydroxylation is 1. The van der Waals surface area contributed by atoms with Crippen LogP contribution in [0.1, 0.15) is 18.1 Å². The minimum atomic E-state index is -0.124. The number of aromatic nitrogens is 2. The van der Waals surface area contributed by atoms with E-state index in [2.05, 4.69) is 15.7 Å². The van der Waals surface area contributed by atoms with Gasteiger partial charge in [0.1, 0.15) is 5.82 Å². The van der Waals surface area contributed by atoms with E-state index in [1.807, 2.05) is 37.3 Å². The van der Waals surface area contributed by atoms with Crippen molar-refractivity contribution in [1.29, 1.82) is 0 Å². The van der Waals surface area contributed by atoms with Gasteiger partial charge in [-0.2, -0.15) is 5.10 Å². The Bertz CT molecular complexity index is 721. The normalized spacial score (nSPS) is 16.8. The third-order valence-corrected chi connectivity index (χ3v) is 3.81. The highest BCUT2D eigenvalue weighted by molar-refractivity contribution is 5.98. The number of anilines is 2. The molecule has 2 aromatic rings. The lowest BCUT2D eigenvalue weighted by Crippen LogP contribution is -2.28. The fraction of sp³-hybridized carbons (Fsp3) is 0.312. The second kappa shape index (κ2) is 5.63. The molecule has 0 unspecified atom stereocenters. The van der Waals surface area contributed by atoms with E-state index in [9.17, 15) is 9.59 Å². The van der Waals surface area contributed by atoms with Gasteiger partial charge in [0.15, 0.2) is 5.82 Å². The van der Waals surface area contributed by atoms with Crippen molar-refractivity contribution in [3.8, 4) is 0 Å². The van der Waals surface area contributed by atoms with Crippen LogP contribution in [0.5, 0.6) is 0 Å². The van der Waals surface area contributed by atoms with Gasteiger partial charge in [-0.25, -0.2) is 0 Å². The molecule has 22 heavy (non-hydrogen) atoms. The van der Waals surface area contributed by atoms with Crippen molar-refractivity contribution < 1.29 is 9.59 Å². The molecule has 1 aliphatic rings. The molecule has 1 aliphatic heterocycles. The van der Waals surface area contributed by atoms with Gasteiger partial charge < -0.3 is 10.6 Å². The van der Waals surface area contributed by atoms with E-state index < -0.39 is 0 Å². The Morgan fingerprint density at radius 2 is 2.14 bits per heavy atom. The Balaban J connectivity index is 1.77. The smallest absolute Gasteiger partial charge is 0.230 e. The molecule has 0 saturated heterocycles. The predicted octanol–water partition coefficient (Wildman–Crippen LogP) is 1.73. The van der Waals surface area contributed by atoms with E-state index in [0.29, 0.717) is 24.5 Å². The number of amides is 2. The molecule has 0 radical (unpaired) electrons. The molecule has 3 rings (SSSR count). The van der Waals surface area contributed by atoms with E-state index in [1.54, 1.807) is 11.7 Å². The number of fused-ring (bicyclic) bond motifs is 1. The standard InChI is InChI=1S/C16H18N4O2/c1-10-8-12-14(19-20(2)15(12)18-16(10)22)17-13(21)9-11-6-4-3-5-7-11/h3-7,10H,8-9H2,1-2H3,(H,18,22)(H,17,19,21)/t10-/m0/s1. The number of rotatable bonds is 3. The summed E-state index contributed by atoms with van der Waals surface area (Å²) in [6.07, 6.45) is 0.879. The predicted molar refractivity (Wildman–Crippen MR) is 83.5 cm³/mol. The maximum atomic E-state index is 12.2. The van der Waals surface area contributed by atoms with Gasteiger partial charge in [-0.3, -0.25) is 14.3 Å². The van der Waals surface area contributed by atoms with Crippen LogP contribution in [0.15, 0.2) is 30.3 Å². The van der Waals surface area contributed by atoms with E-state index in [0.717, 1.165) is 11.1 Å². The number of carbonyl (C=O) groups is 2. The van der Waals surface area contributed by atoms with Gasteiger partial charge in [0.25, 0.3) is 0 Å². The molecule has 0 aliphatic carbocycles. The fourth-order valence-corrected chi connectivity index (χ4v) is 2.61. The molecule has 2 N–H and O–H groups in total. The van der Waals surface area contributed by atoms with Crippen molar-refractivity contribution in [2.24, 2.45) is 13.0 Å². The maximum Gasteiger partial charge on any atom is 0.230 e. The van der Waals surface area contributed by atoms with E-state index in [1.165, 1.54) is 0 Å². The first-order chi connectivity index (χ1) is 10.5. The number of carbonyl (C=O) groups excluding carboxylic acids is 2. The first-order valence-corrected chi connectivity index (χ1v) is 7.25. The fourth-order valence-electron chi connectivity index (χ4n) is 2.61. The van der Waals surface area contributed by atoms with Crippen LogP contribution in [0.4, 0.5) is 11.6 Å². The number of nitrogens with one attached hydrogen (secondary N) is 2. The van der Waals surface area contributed by atoms with Crippen LogP contribution in [0.25, 0.3) is 0 Å². The second-order valence-corrected chi connectivity index (χ2v) is 5.60. The van der Waals surface area contributed by atoms with Gasteiger partial charge in [0.2, 0.25) is 11.8 Å². The first-order valence-electron chi connectivity index (χ1n) is 7.25. The summed E-state index contributed by atoms with van der Waals surface area (Å²) >= 11 is 0. The zero-order valence-corrected chi connectivity index (χ0v) is 12.6. The lowest BCUT2D eigenvalue weighted by Gasteiger charge is -2.19. The Morgan fingerprint density at radius 1 is 1.41 bits per heavy atom. The largest absolute Gasteiger partial charge is 0.310 e. The summed E-state index contributed by atoms with van der Waals surface area (Å²) in [6, 6.07) is 9.55. The van der Waals surface area contributed by atoms with E-state index in [4.69, 9.17) is 0 Å². The summed E-state index contributed by atoms with van der Waals surface area (Å²) < 4.78 is 1.59. The van der Waals surface area contributed by atoms with Crippen molar-refractivity contribution >= 4 is 23.5 Å². The highest BCUT2D eigenvalue weighted by Gasteiger charge is 2.29. The highest BCUT2D eigenvalue weighted by atomic mass is 16.2. The van der Waals surface area contributed by atoms with Crippen LogP contribution in [-0.4, -0.2) is 21.6 Å². The average molecular weight is 298 g/mol. The van der Waals surface area contributed by atoms with Crippen LogP contribution in [0.2, 0.25) is 0 Å². The van der Waals surface area contributed by atoms with Gasteiger partial charge in [-0.1, -0.05) is 37.3 Å². The van der Waals surface area contributed by atoms with Crippen LogP contribution in [-0.2, 0) is 29.5 Å². The molecule has 6 heteroatoms. The number of hydrogen-bond donors (Lipinski definition) is 2. The third-order valence-electron chi connectivity index (χ3n) is 3.81. The molecule has 1 aromatic carbocycles. The topological polar surface area (TPSA) is 76.0 Å². The van der Waals surface area contributed by atoms with E-state index in [-0.39, 0.29) is 17.7 Å². The van der Waals surface area contributed by atoms with Crippen molar-refractivity contribution in [2.45, 2.75) is 19.8 Å². The van der Waals surface area contributed by atoms with Crippen molar-refractivity contribution in [1.82, 2.24) is 9.78 Å². The average Bonchev–Trinajstić information content (AvgIpc) is 2.76. The summed E-state index contributed by atoms with van der Waals surface area (Å²) in [5.74, 6) is 0.944. The molecule has 1 aromatic heterocycles. The number of benzene rings is 1. The Labute approximate surface area is 128 Å². The molecular weight excluding hydrogens is 280 g/mol. The first kappa shape index (κ1) is 14.3. The van der Waals surface area contributed by atoms with E-state index >= 15 is 0 Å². The van der Waals surface area contributed by atoms with Crippen LogP contribution in [0.3, 0.4) is 0 Å². The van der Waals surface area contributed by atoms with Gasteiger partial charge in [-0.05, 0) is 12.0 Å². The molecule has 0 spiro atoms. The molecule has 2 amide bonds. The Hall–Kier alpha value is -2.63. The summed E-state index contributed by atoms with van der Waals surface area (Å²) in [5, 5.41) is 10.00. The lowest BCUT2D eigenvalue weighted by molar-refractivity contribution is -0.119. The number of nitrogens with zero attached hydrogens (tertiary/aromatic N) is 2. The summed E-state index contributed by atoms with van der Waals surface area (Å²) in [4.78, 5) is 23.9. The molecule has 0 saturated carbocycles. The monoisotopic (exact) mass is 298 g/mol.